The van der Waals surface area contributed by atoms with E-state index in [-0.39, 0.29) is 0 Å². The summed E-state index contributed by atoms with van der Waals surface area (Å²) in [5.74, 6) is 2.76. The van der Waals surface area contributed by atoms with Crippen LogP contribution in [-0.2, 0) is 13.5 Å². The van der Waals surface area contributed by atoms with Crippen molar-refractivity contribution in [2.45, 2.75) is 13.3 Å². The quantitative estimate of drug-likeness (QED) is 0.666. The summed E-state index contributed by atoms with van der Waals surface area (Å²) in [6, 6.07) is 0. The molecule has 1 aliphatic rings. The van der Waals surface area contributed by atoms with Crippen LogP contribution in [0.4, 0.5) is 0 Å². The van der Waals surface area contributed by atoms with Gasteiger partial charge in [0.15, 0.2) is 0 Å². The average molecular weight is 166 g/mol. The third-order valence-corrected chi connectivity index (χ3v) is 2.30. The van der Waals surface area contributed by atoms with Gasteiger partial charge in [0, 0.05) is 13.5 Å². The molecule has 1 fully saturated rings. The first-order valence-corrected chi connectivity index (χ1v) is 4.33. The van der Waals surface area contributed by atoms with Crippen LogP contribution in [0.2, 0.25) is 0 Å². The maximum absolute atomic E-state index is 4.36. The fourth-order valence-corrected chi connectivity index (χ4v) is 1.49. The first kappa shape index (κ1) is 7.73. The van der Waals surface area contributed by atoms with E-state index >= 15 is 0 Å². The first-order chi connectivity index (χ1) is 5.75. The van der Waals surface area contributed by atoms with Crippen LogP contribution >= 0.6 is 0 Å². The Morgan fingerprint density at radius 2 is 2.33 bits per heavy atom. The minimum Gasteiger partial charge on any atom is -0.316 e. The standard InChI is InChI=1S/C8H14N4/c1-6-10-8(12(2)11-6)3-7-4-9-5-7/h7,9H,3-5H2,1-2H3. The van der Waals surface area contributed by atoms with E-state index in [2.05, 4.69) is 15.4 Å². The molecule has 0 aromatic carbocycles. The van der Waals surface area contributed by atoms with Crippen LogP contribution < -0.4 is 5.32 Å². The van der Waals surface area contributed by atoms with Crippen molar-refractivity contribution in [1.82, 2.24) is 20.1 Å². The zero-order valence-electron chi connectivity index (χ0n) is 7.54. The van der Waals surface area contributed by atoms with E-state index in [0.29, 0.717) is 0 Å². The second kappa shape index (κ2) is 2.86. The predicted octanol–water partition coefficient (Wildman–Crippen LogP) is -0.115. The SMILES string of the molecule is Cc1nc(CC2CNC2)n(C)n1. The second-order valence-electron chi connectivity index (χ2n) is 3.43. The highest BCUT2D eigenvalue weighted by Crippen LogP contribution is 2.10. The largest absolute Gasteiger partial charge is 0.316 e. The molecular weight excluding hydrogens is 152 g/mol. The molecule has 0 bridgehead atoms. The van der Waals surface area contributed by atoms with Gasteiger partial charge in [-0.25, -0.2) is 4.98 Å². The summed E-state index contributed by atoms with van der Waals surface area (Å²) < 4.78 is 1.88. The molecular formula is C8H14N4. The maximum Gasteiger partial charge on any atom is 0.147 e. The lowest BCUT2D eigenvalue weighted by Crippen LogP contribution is -2.43. The minimum atomic E-state index is 0.771. The molecule has 0 spiro atoms. The van der Waals surface area contributed by atoms with Gasteiger partial charge in [-0.15, -0.1) is 0 Å². The zero-order chi connectivity index (χ0) is 8.55. The van der Waals surface area contributed by atoms with Gasteiger partial charge in [0.25, 0.3) is 0 Å². The summed E-state index contributed by atoms with van der Waals surface area (Å²) in [7, 11) is 1.96. The molecule has 0 atom stereocenters. The van der Waals surface area contributed by atoms with Crippen molar-refractivity contribution in [2.75, 3.05) is 13.1 Å². The van der Waals surface area contributed by atoms with Crippen LogP contribution in [-0.4, -0.2) is 27.9 Å². The topological polar surface area (TPSA) is 42.7 Å². The van der Waals surface area contributed by atoms with E-state index in [0.717, 1.165) is 37.1 Å². The van der Waals surface area contributed by atoms with E-state index in [1.165, 1.54) is 0 Å². The summed E-state index contributed by atoms with van der Waals surface area (Å²) in [6.07, 6.45) is 1.06. The molecule has 4 nitrogen and oxygen atoms in total. The maximum atomic E-state index is 4.36. The van der Waals surface area contributed by atoms with Crippen LogP contribution in [0, 0.1) is 12.8 Å². The van der Waals surface area contributed by atoms with Crippen LogP contribution in [0.5, 0.6) is 0 Å². The van der Waals surface area contributed by atoms with E-state index in [4.69, 9.17) is 0 Å². The van der Waals surface area contributed by atoms with Gasteiger partial charge in [0.2, 0.25) is 0 Å². The smallest absolute Gasteiger partial charge is 0.147 e. The minimum absolute atomic E-state index is 0.771. The predicted molar refractivity (Wildman–Crippen MR) is 45.8 cm³/mol. The number of rotatable bonds is 2. The Kier molecular flexibility index (Phi) is 1.84. The highest BCUT2D eigenvalue weighted by molar-refractivity contribution is 4.94. The Bertz CT molecular complexity index is 275. The molecule has 1 aromatic heterocycles. The molecule has 1 N–H and O–H groups in total. The molecule has 0 saturated carbocycles. The van der Waals surface area contributed by atoms with E-state index in [9.17, 15) is 0 Å². The summed E-state index contributed by atoms with van der Waals surface area (Å²) in [5, 5.41) is 7.46. The molecule has 0 radical (unpaired) electrons. The molecule has 66 valence electrons. The van der Waals surface area contributed by atoms with Gasteiger partial charge in [0.05, 0.1) is 0 Å². The number of nitrogens with one attached hydrogen (secondary N) is 1. The average Bonchev–Trinajstić information content (AvgIpc) is 2.21. The molecule has 1 aliphatic heterocycles. The van der Waals surface area contributed by atoms with Crippen molar-refractivity contribution in [3.8, 4) is 0 Å². The van der Waals surface area contributed by atoms with Gasteiger partial charge in [0.1, 0.15) is 11.6 Å². The van der Waals surface area contributed by atoms with Gasteiger partial charge in [-0.2, -0.15) is 5.10 Å². The van der Waals surface area contributed by atoms with Crippen LogP contribution in [0.15, 0.2) is 0 Å². The first-order valence-electron chi connectivity index (χ1n) is 4.33. The number of nitrogens with zero attached hydrogens (tertiary/aromatic N) is 3. The Hall–Kier alpha value is -0.900. The van der Waals surface area contributed by atoms with Gasteiger partial charge >= 0.3 is 0 Å². The van der Waals surface area contributed by atoms with E-state index in [1.54, 1.807) is 0 Å². The van der Waals surface area contributed by atoms with Gasteiger partial charge in [-0.1, -0.05) is 0 Å². The van der Waals surface area contributed by atoms with Gasteiger partial charge in [-0.05, 0) is 25.9 Å². The van der Waals surface area contributed by atoms with Crippen molar-refractivity contribution in [1.29, 1.82) is 0 Å². The highest BCUT2D eigenvalue weighted by Gasteiger charge is 2.19. The lowest BCUT2D eigenvalue weighted by Gasteiger charge is -2.26. The van der Waals surface area contributed by atoms with Gasteiger partial charge in [-0.3, -0.25) is 4.68 Å². The molecule has 2 heterocycles. The fraction of sp³-hybridized carbons (Fsp3) is 0.750. The summed E-state index contributed by atoms with van der Waals surface area (Å²) >= 11 is 0. The summed E-state index contributed by atoms with van der Waals surface area (Å²) in [6.45, 7) is 4.19. The normalized spacial score (nSPS) is 17.8. The van der Waals surface area contributed by atoms with Crippen molar-refractivity contribution < 1.29 is 0 Å². The third-order valence-electron chi connectivity index (χ3n) is 2.30. The molecule has 12 heavy (non-hydrogen) atoms. The lowest BCUT2D eigenvalue weighted by atomic mass is 9.99. The Balaban J connectivity index is 2.05. The Morgan fingerprint density at radius 3 is 2.75 bits per heavy atom. The molecule has 0 amide bonds. The van der Waals surface area contributed by atoms with Crippen molar-refractivity contribution in [2.24, 2.45) is 13.0 Å². The van der Waals surface area contributed by atoms with Crippen molar-refractivity contribution in [3.63, 3.8) is 0 Å². The Labute approximate surface area is 72.0 Å². The van der Waals surface area contributed by atoms with Gasteiger partial charge < -0.3 is 5.32 Å². The monoisotopic (exact) mass is 166 g/mol. The molecule has 2 rings (SSSR count). The number of aromatic nitrogens is 3. The van der Waals surface area contributed by atoms with E-state index < -0.39 is 0 Å². The Morgan fingerprint density at radius 1 is 1.58 bits per heavy atom. The second-order valence-corrected chi connectivity index (χ2v) is 3.43. The van der Waals surface area contributed by atoms with E-state index in [1.807, 2.05) is 18.7 Å². The zero-order valence-corrected chi connectivity index (χ0v) is 7.54. The number of aryl methyl sites for hydroxylation is 2. The summed E-state index contributed by atoms with van der Waals surface area (Å²) in [4.78, 5) is 4.36. The van der Waals surface area contributed by atoms with Crippen LogP contribution in [0.1, 0.15) is 11.6 Å². The molecule has 1 aromatic rings. The summed E-state index contributed by atoms with van der Waals surface area (Å²) in [5.41, 5.74) is 0. The molecule has 4 heteroatoms. The van der Waals surface area contributed by atoms with Crippen LogP contribution in [0.3, 0.4) is 0 Å². The molecule has 1 saturated heterocycles. The fourth-order valence-electron chi connectivity index (χ4n) is 1.49. The van der Waals surface area contributed by atoms with Crippen LogP contribution in [0.25, 0.3) is 0 Å². The molecule has 0 aliphatic carbocycles. The third kappa shape index (κ3) is 1.34. The number of hydrogen-bond donors (Lipinski definition) is 1. The van der Waals surface area contributed by atoms with Crippen molar-refractivity contribution in [3.05, 3.63) is 11.6 Å². The van der Waals surface area contributed by atoms with Crippen molar-refractivity contribution >= 4 is 0 Å². The highest BCUT2D eigenvalue weighted by atomic mass is 15.3. The lowest BCUT2D eigenvalue weighted by molar-refractivity contribution is 0.337. The number of hydrogen-bond acceptors (Lipinski definition) is 3. The molecule has 0 unspecified atom stereocenters.